The van der Waals surface area contributed by atoms with E-state index in [2.05, 4.69) is 4.74 Å². The summed E-state index contributed by atoms with van der Waals surface area (Å²) in [5.74, 6) is -1.42. The third kappa shape index (κ3) is 2.36. The van der Waals surface area contributed by atoms with Gasteiger partial charge in [0.25, 0.3) is 0 Å². The second-order valence-electron chi connectivity index (χ2n) is 4.52. The van der Waals surface area contributed by atoms with Gasteiger partial charge in [-0.3, -0.25) is 4.79 Å². The van der Waals surface area contributed by atoms with Crippen molar-refractivity contribution in [2.75, 3.05) is 7.11 Å². The summed E-state index contributed by atoms with van der Waals surface area (Å²) in [6.07, 6.45) is 2.25. The molecule has 0 aliphatic rings. The molecule has 106 valence electrons. The van der Waals surface area contributed by atoms with Gasteiger partial charge in [-0.15, -0.1) is 11.3 Å². The lowest BCUT2D eigenvalue weighted by Crippen LogP contribution is -2.14. The van der Waals surface area contributed by atoms with E-state index in [1.54, 1.807) is 6.26 Å². The van der Waals surface area contributed by atoms with Crippen molar-refractivity contribution in [1.82, 2.24) is 0 Å². The van der Waals surface area contributed by atoms with E-state index in [9.17, 15) is 9.59 Å². The molecule has 0 N–H and O–H groups in total. The van der Waals surface area contributed by atoms with E-state index in [1.165, 1.54) is 18.4 Å². The van der Waals surface area contributed by atoms with E-state index in [0.29, 0.717) is 11.2 Å². The predicted octanol–water partition coefficient (Wildman–Crippen LogP) is 3.62. The van der Waals surface area contributed by atoms with Gasteiger partial charge in [0.15, 0.2) is 0 Å². The molecule has 21 heavy (non-hydrogen) atoms. The first-order chi connectivity index (χ1) is 10.2. The molecule has 0 spiro atoms. The molecular weight excluding hydrogens is 288 g/mol. The van der Waals surface area contributed by atoms with Gasteiger partial charge in [0.1, 0.15) is 17.8 Å². The van der Waals surface area contributed by atoms with Crippen LogP contribution in [0.25, 0.3) is 22.1 Å². The number of aldehydes is 1. The van der Waals surface area contributed by atoms with Crippen LogP contribution in [0.1, 0.15) is 10.8 Å². The van der Waals surface area contributed by atoms with Crippen molar-refractivity contribution in [2.24, 2.45) is 0 Å². The number of furan rings is 1. The van der Waals surface area contributed by atoms with Crippen LogP contribution in [-0.2, 0) is 14.3 Å². The van der Waals surface area contributed by atoms with Crippen LogP contribution in [0.15, 0.2) is 46.4 Å². The number of rotatable bonds is 4. The van der Waals surface area contributed by atoms with Crippen LogP contribution in [-0.4, -0.2) is 19.4 Å². The van der Waals surface area contributed by atoms with E-state index in [0.717, 1.165) is 22.1 Å². The van der Waals surface area contributed by atoms with Gasteiger partial charge in [0, 0.05) is 15.8 Å². The number of hydrogen-bond acceptors (Lipinski definition) is 5. The number of ether oxygens (including phenoxy) is 1. The highest BCUT2D eigenvalue weighted by Crippen LogP contribution is 2.34. The molecule has 0 fully saturated rings. The standard InChI is InChI=1S/C16H12O4S/c1-19-16(18)13(8-17)14-7-11(9-21-14)12-4-2-3-10-5-6-20-15(10)12/h2-9,13H,1H3. The van der Waals surface area contributed by atoms with Gasteiger partial charge in [0.05, 0.1) is 13.4 Å². The summed E-state index contributed by atoms with van der Waals surface area (Å²) >= 11 is 1.36. The van der Waals surface area contributed by atoms with Gasteiger partial charge in [-0.25, -0.2) is 0 Å². The zero-order valence-corrected chi connectivity index (χ0v) is 12.1. The van der Waals surface area contributed by atoms with Crippen LogP contribution < -0.4 is 0 Å². The molecule has 2 heterocycles. The highest BCUT2D eigenvalue weighted by molar-refractivity contribution is 7.10. The summed E-state index contributed by atoms with van der Waals surface area (Å²) in [5, 5.41) is 2.92. The maximum atomic E-state index is 11.6. The third-order valence-corrected chi connectivity index (χ3v) is 4.32. The highest BCUT2D eigenvalue weighted by Gasteiger charge is 2.23. The minimum atomic E-state index is -0.871. The molecule has 3 aromatic rings. The molecule has 0 aliphatic carbocycles. The van der Waals surface area contributed by atoms with E-state index in [1.807, 2.05) is 35.7 Å². The number of fused-ring (bicyclic) bond motifs is 1. The number of carbonyl (C=O) groups excluding carboxylic acids is 2. The normalized spacial score (nSPS) is 12.2. The Hall–Kier alpha value is -2.40. The maximum Gasteiger partial charge on any atom is 0.321 e. The molecule has 0 amide bonds. The first kappa shape index (κ1) is 13.6. The monoisotopic (exact) mass is 300 g/mol. The Morgan fingerprint density at radius 3 is 3.00 bits per heavy atom. The SMILES string of the molecule is COC(=O)C(C=O)c1cc(-c2cccc3ccoc23)cs1. The van der Waals surface area contributed by atoms with Gasteiger partial charge < -0.3 is 13.9 Å². The molecular formula is C16H12O4S. The molecule has 5 heteroatoms. The Morgan fingerprint density at radius 2 is 2.24 bits per heavy atom. The zero-order chi connectivity index (χ0) is 14.8. The zero-order valence-electron chi connectivity index (χ0n) is 11.2. The quantitative estimate of drug-likeness (QED) is 0.419. The lowest BCUT2D eigenvalue weighted by atomic mass is 10.0. The van der Waals surface area contributed by atoms with E-state index in [-0.39, 0.29) is 0 Å². The molecule has 1 aromatic carbocycles. The topological polar surface area (TPSA) is 56.5 Å². The van der Waals surface area contributed by atoms with Crippen molar-refractivity contribution in [1.29, 1.82) is 0 Å². The maximum absolute atomic E-state index is 11.6. The molecule has 0 aliphatic heterocycles. The molecule has 4 nitrogen and oxygen atoms in total. The van der Waals surface area contributed by atoms with Crippen molar-refractivity contribution in [3.05, 3.63) is 46.9 Å². The summed E-state index contributed by atoms with van der Waals surface area (Å²) in [7, 11) is 1.27. The van der Waals surface area contributed by atoms with Crippen LogP contribution in [0.4, 0.5) is 0 Å². The summed E-state index contributed by atoms with van der Waals surface area (Å²) in [5.41, 5.74) is 2.66. The Kier molecular flexibility index (Phi) is 3.58. The second kappa shape index (κ2) is 5.54. The lowest BCUT2D eigenvalue weighted by molar-refractivity contribution is -0.143. The minimum absolute atomic E-state index is 0.547. The summed E-state index contributed by atoms with van der Waals surface area (Å²) in [4.78, 5) is 23.4. The fourth-order valence-electron chi connectivity index (χ4n) is 2.24. The Morgan fingerprint density at radius 1 is 1.38 bits per heavy atom. The molecule has 0 saturated heterocycles. The number of thiophene rings is 1. The Labute approximate surface area is 125 Å². The number of methoxy groups -OCH3 is 1. The summed E-state index contributed by atoms with van der Waals surface area (Å²) in [6.45, 7) is 0. The van der Waals surface area contributed by atoms with E-state index >= 15 is 0 Å². The van der Waals surface area contributed by atoms with Crippen LogP contribution in [0.5, 0.6) is 0 Å². The second-order valence-corrected chi connectivity index (χ2v) is 5.46. The Bertz CT molecular complexity index is 799. The molecule has 2 aromatic heterocycles. The summed E-state index contributed by atoms with van der Waals surface area (Å²) in [6, 6.07) is 9.60. The van der Waals surface area contributed by atoms with Gasteiger partial charge in [-0.1, -0.05) is 18.2 Å². The smallest absolute Gasteiger partial charge is 0.321 e. The molecule has 1 unspecified atom stereocenters. The number of esters is 1. The van der Waals surface area contributed by atoms with Crippen LogP contribution in [0.2, 0.25) is 0 Å². The van der Waals surface area contributed by atoms with Gasteiger partial charge in [-0.2, -0.15) is 0 Å². The molecule has 0 radical (unpaired) electrons. The predicted molar refractivity (Wildman–Crippen MR) is 80.3 cm³/mol. The van der Waals surface area contributed by atoms with Crippen molar-refractivity contribution in [2.45, 2.75) is 5.92 Å². The van der Waals surface area contributed by atoms with Crippen LogP contribution in [0, 0.1) is 0 Å². The van der Waals surface area contributed by atoms with Gasteiger partial charge in [0.2, 0.25) is 0 Å². The van der Waals surface area contributed by atoms with Gasteiger partial charge in [-0.05, 0) is 23.1 Å². The first-order valence-electron chi connectivity index (χ1n) is 6.32. The molecule has 3 rings (SSSR count). The average molecular weight is 300 g/mol. The summed E-state index contributed by atoms with van der Waals surface area (Å²) < 4.78 is 10.2. The van der Waals surface area contributed by atoms with Crippen molar-refractivity contribution < 1.29 is 18.7 Å². The first-order valence-corrected chi connectivity index (χ1v) is 7.20. The van der Waals surface area contributed by atoms with Crippen molar-refractivity contribution in [3.63, 3.8) is 0 Å². The fourth-order valence-corrected chi connectivity index (χ4v) is 3.19. The minimum Gasteiger partial charge on any atom is -0.468 e. The number of carbonyl (C=O) groups is 2. The van der Waals surface area contributed by atoms with E-state index < -0.39 is 11.9 Å². The lowest BCUT2D eigenvalue weighted by Gasteiger charge is -2.04. The number of benzene rings is 1. The molecule has 1 atom stereocenters. The number of hydrogen-bond donors (Lipinski definition) is 0. The highest BCUT2D eigenvalue weighted by atomic mass is 32.1. The fraction of sp³-hybridized carbons (Fsp3) is 0.125. The van der Waals surface area contributed by atoms with Crippen LogP contribution in [0.3, 0.4) is 0 Å². The Balaban J connectivity index is 2.04. The molecule has 0 saturated carbocycles. The average Bonchev–Trinajstić information content (AvgIpc) is 3.16. The van der Waals surface area contributed by atoms with Gasteiger partial charge >= 0.3 is 5.97 Å². The van der Waals surface area contributed by atoms with Crippen LogP contribution >= 0.6 is 11.3 Å². The third-order valence-electron chi connectivity index (χ3n) is 3.31. The number of para-hydroxylation sites is 1. The van der Waals surface area contributed by atoms with Crippen molar-refractivity contribution >= 4 is 34.6 Å². The van der Waals surface area contributed by atoms with E-state index in [4.69, 9.17) is 4.42 Å². The molecule has 0 bridgehead atoms. The largest absolute Gasteiger partial charge is 0.468 e. The van der Waals surface area contributed by atoms with Crippen molar-refractivity contribution in [3.8, 4) is 11.1 Å².